The average molecular weight is 293 g/mol. The van der Waals surface area contributed by atoms with Gasteiger partial charge in [-0.3, -0.25) is 9.59 Å². The van der Waals surface area contributed by atoms with Crippen LogP contribution in [0.1, 0.15) is 64.2 Å². The minimum Gasteiger partial charge on any atom is -0.481 e. The van der Waals surface area contributed by atoms with Gasteiger partial charge in [0.05, 0.1) is 6.42 Å². The van der Waals surface area contributed by atoms with Crippen LogP contribution in [0, 0.1) is 17.3 Å². The molecule has 118 valence electrons. The topological polar surface area (TPSA) is 57.6 Å². The Labute approximate surface area is 126 Å². The summed E-state index contributed by atoms with van der Waals surface area (Å²) < 4.78 is 0. The first-order valence-electron chi connectivity index (χ1n) is 8.56. The zero-order valence-electron chi connectivity index (χ0n) is 12.9. The summed E-state index contributed by atoms with van der Waals surface area (Å²) in [5, 5.41) is 9.18. The monoisotopic (exact) mass is 293 g/mol. The summed E-state index contributed by atoms with van der Waals surface area (Å²) in [6.07, 6.45) is 9.63. The number of aliphatic carboxylic acids is 1. The molecule has 0 heterocycles. The predicted molar refractivity (Wildman–Crippen MR) is 79.8 cm³/mol. The first-order chi connectivity index (χ1) is 10.1. The third kappa shape index (κ3) is 4.21. The molecule has 0 aromatic heterocycles. The van der Waals surface area contributed by atoms with E-state index in [0.717, 1.165) is 38.8 Å². The van der Waals surface area contributed by atoms with Gasteiger partial charge in [0, 0.05) is 19.5 Å². The van der Waals surface area contributed by atoms with Crippen molar-refractivity contribution >= 4 is 11.9 Å². The number of carboxylic acid groups (broad SMARTS) is 1. The Morgan fingerprint density at radius 1 is 0.952 bits per heavy atom. The van der Waals surface area contributed by atoms with E-state index in [-0.39, 0.29) is 17.7 Å². The van der Waals surface area contributed by atoms with E-state index in [2.05, 4.69) is 4.90 Å². The summed E-state index contributed by atoms with van der Waals surface area (Å²) in [6.45, 7) is 1.83. The van der Waals surface area contributed by atoms with E-state index in [4.69, 9.17) is 0 Å². The molecule has 1 N–H and O–H groups in total. The lowest BCUT2D eigenvalue weighted by atomic mass is 9.79. The van der Waals surface area contributed by atoms with Gasteiger partial charge in [0.1, 0.15) is 0 Å². The lowest BCUT2D eigenvalue weighted by Crippen LogP contribution is -2.38. The highest BCUT2D eigenvalue weighted by Crippen LogP contribution is 2.45. The Morgan fingerprint density at radius 3 is 1.90 bits per heavy atom. The van der Waals surface area contributed by atoms with Crippen LogP contribution in [0.4, 0.5) is 0 Å². The SMILES string of the molecule is O=C(O)CC1(CC(=O)N(CC2CC2)CC2CC2)CCCC1. The van der Waals surface area contributed by atoms with Crippen molar-refractivity contribution in [1.82, 2.24) is 4.90 Å². The van der Waals surface area contributed by atoms with Crippen LogP contribution in [-0.4, -0.2) is 35.0 Å². The summed E-state index contributed by atoms with van der Waals surface area (Å²) in [5.74, 6) is 0.899. The van der Waals surface area contributed by atoms with Crippen LogP contribution in [-0.2, 0) is 9.59 Å². The van der Waals surface area contributed by atoms with Crippen molar-refractivity contribution in [2.24, 2.45) is 17.3 Å². The van der Waals surface area contributed by atoms with Crippen LogP contribution in [0.15, 0.2) is 0 Å². The van der Waals surface area contributed by atoms with Crippen molar-refractivity contribution in [3.8, 4) is 0 Å². The molecule has 0 aliphatic heterocycles. The average Bonchev–Trinajstić information content (AvgIpc) is 3.32. The van der Waals surface area contributed by atoms with E-state index in [1.807, 2.05) is 0 Å². The van der Waals surface area contributed by atoms with Gasteiger partial charge in [-0.25, -0.2) is 0 Å². The maximum atomic E-state index is 12.7. The molecule has 4 nitrogen and oxygen atoms in total. The first kappa shape index (κ1) is 14.9. The number of hydrogen-bond acceptors (Lipinski definition) is 2. The van der Waals surface area contributed by atoms with Crippen molar-refractivity contribution in [2.75, 3.05) is 13.1 Å². The second kappa shape index (κ2) is 5.98. The number of carbonyl (C=O) groups excluding carboxylic acids is 1. The highest BCUT2D eigenvalue weighted by Gasteiger charge is 2.40. The summed E-state index contributed by atoms with van der Waals surface area (Å²) in [7, 11) is 0. The van der Waals surface area contributed by atoms with Crippen LogP contribution in [0.5, 0.6) is 0 Å². The minimum absolute atomic E-state index is 0.166. The fraction of sp³-hybridized carbons (Fsp3) is 0.882. The van der Waals surface area contributed by atoms with Crippen molar-refractivity contribution in [3.05, 3.63) is 0 Å². The van der Waals surface area contributed by atoms with E-state index < -0.39 is 5.97 Å². The van der Waals surface area contributed by atoms with Crippen LogP contribution in [0.3, 0.4) is 0 Å². The molecule has 0 unspecified atom stereocenters. The number of amides is 1. The summed E-state index contributed by atoms with van der Waals surface area (Å²) >= 11 is 0. The van der Waals surface area contributed by atoms with Crippen molar-refractivity contribution in [1.29, 1.82) is 0 Å². The van der Waals surface area contributed by atoms with E-state index >= 15 is 0 Å². The summed E-state index contributed by atoms with van der Waals surface area (Å²) in [5.41, 5.74) is -0.256. The van der Waals surface area contributed by atoms with Gasteiger partial charge in [-0.15, -0.1) is 0 Å². The van der Waals surface area contributed by atoms with E-state index in [0.29, 0.717) is 18.3 Å². The molecular formula is C17H27NO3. The number of carbonyl (C=O) groups is 2. The third-order valence-corrected chi connectivity index (χ3v) is 5.42. The second-order valence-corrected chi connectivity index (χ2v) is 7.64. The molecule has 0 bridgehead atoms. The molecule has 0 spiro atoms. The molecule has 3 aliphatic rings. The highest BCUT2D eigenvalue weighted by atomic mass is 16.4. The zero-order chi connectivity index (χ0) is 14.9. The Morgan fingerprint density at radius 2 is 1.48 bits per heavy atom. The molecule has 0 aromatic carbocycles. The summed E-state index contributed by atoms with van der Waals surface area (Å²) in [4.78, 5) is 26.0. The molecule has 3 rings (SSSR count). The van der Waals surface area contributed by atoms with E-state index in [1.165, 1.54) is 25.7 Å². The molecule has 3 saturated carbocycles. The van der Waals surface area contributed by atoms with E-state index in [9.17, 15) is 14.7 Å². The smallest absolute Gasteiger partial charge is 0.303 e. The molecule has 0 radical (unpaired) electrons. The molecule has 0 saturated heterocycles. The van der Waals surface area contributed by atoms with Gasteiger partial charge in [0.15, 0.2) is 0 Å². The standard InChI is InChI=1S/C17H27NO3/c19-15(9-17(10-16(20)21)7-1-2-8-17)18(11-13-3-4-13)12-14-5-6-14/h13-14H,1-12H2,(H,20,21). The lowest BCUT2D eigenvalue weighted by Gasteiger charge is -2.31. The van der Waals surface area contributed by atoms with Gasteiger partial charge in [0.25, 0.3) is 0 Å². The summed E-state index contributed by atoms with van der Waals surface area (Å²) in [6, 6.07) is 0. The minimum atomic E-state index is -0.749. The van der Waals surface area contributed by atoms with Gasteiger partial charge in [-0.2, -0.15) is 0 Å². The Bertz CT molecular complexity index is 392. The number of rotatable bonds is 8. The third-order valence-electron chi connectivity index (χ3n) is 5.42. The predicted octanol–water partition coefficient (Wildman–Crippen LogP) is 3.06. The highest BCUT2D eigenvalue weighted by molar-refractivity contribution is 5.78. The molecular weight excluding hydrogens is 266 g/mol. The fourth-order valence-electron chi connectivity index (χ4n) is 3.80. The van der Waals surface area contributed by atoms with Crippen molar-refractivity contribution in [2.45, 2.75) is 64.2 Å². The molecule has 1 amide bonds. The normalized spacial score (nSPS) is 24.0. The largest absolute Gasteiger partial charge is 0.481 e. The Hall–Kier alpha value is -1.06. The number of carboxylic acids is 1. The molecule has 0 aromatic rings. The molecule has 3 aliphatic carbocycles. The van der Waals surface area contributed by atoms with Crippen LogP contribution in [0.2, 0.25) is 0 Å². The van der Waals surface area contributed by atoms with E-state index in [1.54, 1.807) is 0 Å². The number of hydrogen-bond donors (Lipinski definition) is 1. The fourth-order valence-corrected chi connectivity index (χ4v) is 3.80. The molecule has 3 fully saturated rings. The van der Waals surface area contributed by atoms with Gasteiger partial charge >= 0.3 is 5.97 Å². The molecule has 4 heteroatoms. The zero-order valence-corrected chi connectivity index (χ0v) is 12.9. The maximum Gasteiger partial charge on any atom is 0.303 e. The lowest BCUT2D eigenvalue weighted by molar-refractivity contribution is -0.141. The number of nitrogens with zero attached hydrogens (tertiary/aromatic N) is 1. The van der Waals surface area contributed by atoms with Crippen LogP contribution < -0.4 is 0 Å². The van der Waals surface area contributed by atoms with Gasteiger partial charge < -0.3 is 10.0 Å². The maximum absolute atomic E-state index is 12.7. The second-order valence-electron chi connectivity index (χ2n) is 7.64. The van der Waals surface area contributed by atoms with Crippen molar-refractivity contribution in [3.63, 3.8) is 0 Å². The van der Waals surface area contributed by atoms with Crippen LogP contribution >= 0.6 is 0 Å². The molecule has 21 heavy (non-hydrogen) atoms. The van der Waals surface area contributed by atoms with Gasteiger partial charge in [-0.1, -0.05) is 12.8 Å². The van der Waals surface area contributed by atoms with Gasteiger partial charge in [0.2, 0.25) is 5.91 Å². The van der Waals surface area contributed by atoms with Crippen LogP contribution in [0.25, 0.3) is 0 Å². The Kier molecular flexibility index (Phi) is 4.23. The van der Waals surface area contributed by atoms with Crippen molar-refractivity contribution < 1.29 is 14.7 Å². The Balaban J connectivity index is 1.61. The quantitative estimate of drug-likeness (QED) is 0.748. The van der Waals surface area contributed by atoms with Gasteiger partial charge in [-0.05, 0) is 55.8 Å². The first-order valence-corrected chi connectivity index (χ1v) is 8.56. The molecule has 0 atom stereocenters.